The van der Waals surface area contributed by atoms with Crippen molar-refractivity contribution in [3.8, 4) is 11.5 Å². The van der Waals surface area contributed by atoms with Crippen molar-refractivity contribution in [1.29, 1.82) is 0 Å². The van der Waals surface area contributed by atoms with Gasteiger partial charge in [0, 0.05) is 29.8 Å². The van der Waals surface area contributed by atoms with Crippen molar-refractivity contribution in [1.82, 2.24) is 10.6 Å². The van der Waals surface area contributed by atoms with E-state index in [0.717, 1.165) is 22.9 Å². The largest absolute Gasteiger partial charge is 0.497 e. The molecule has 7 heteroatoms. The summed E-state index contributed by atoms with van der Waals surface area (Å²) >= 11 is 1.73. The number of carbonyl (C=O) groups is 1. The first-order chi connectivity index (χ1) is 9.24. The number of halogens is 1. The zero-order valence-electron chi connectivity index (χ0n) is 11.5. The highest BCUT2D eigenvalue weighted by atomic mass is 35.5. The summed E-state index contributed by atoms with van der Waals surface area (Å²) in [5.74, 6) is 3.15. The quantitative estimate of drug-likeness (QED) is 0.859. The average Bonchev–Trinajstić information content (AvgIpc) is 2.98. The molecule has 1 amide bonds. The Hall–Kier alpha value is -1.11. The van der Waals surface area contributed by atoms with Crippen molar-refractivity contribution in [2.45, 2.75) is 12.6 Å². The molecule has 1 unspecified atom stereocenters. The highest BCUT2D eigenvalue weighted by Gasteiger charge is 2.22. The number of hydrogen-bond acceptors (Lipinski definition) is 5. The van der Waals surface area contributed by atoms with Gasteiger partial charge in [0.05, 0.1) is 20.3 Å². The van der Waals surface area contributed by atoms with E-state index in [2.05, 4.69) is 10.6 Å². The van der Waals surface area contributed by atoms with Crippen LogP contribution in [0.15, 0.2) is 18.2 Å². The lowest BCUT2D eigenvalue weighted by Crippen LogP contribution is -2.41. The first-order valence-corrected chi connectivity index (χ1v) is 7.20. The van der Waals surface area contributed by atoms with Crippen molar-refractivity contribution in [2.75, 3.05) is 25.8 Å². The van der Waals surface area contributed by atoms with Gasteiger partial charge in [0.25, 0.3) is 0 Å². The van der Waals surface area contributed by atoms with Gasteiger partial charge >= 0.3 is 0 Å². The number of benzene rings is 1. The number of hydrogen-bond donors (Lipinski definition) is 2. The van der Waals surface area contributed by atoms with Crippen LogP contribution in [-0.2, 0) is 11.3 Å². The van der Waals surface area contributed by atoms with Crippen molar-refractivity contribution in [3.05, 3.63) is 23.8 Å². The van der Waals surface area contributed by atoms with Crippen LogP contribution in [0.25, 0.3) is 0 Å². The molecule has 1 fully saturated rings. The molecule has 2 N–H and O–H groups in total. The molecule has 0 radical (unpaired) electrons. The van der Waals surface area contributed by atoms with Crippen molar-refractivity contribution < 1.29 is 14.3 Å². The minimum absolute atomic E-state index is 0. The van der Waals surface area contributed by atoms with Crippen molar-refractivity contribution in [3.63, 3.8) is 0 Å². The molecule has 1 heterocycles. The van der Waals surface area contributed by atoms with Crippen LogP contribution in [0.2, 0.25) is 0 Å². The number of rotatable bonds is 5. The minimum Gasteiger partial charge on any atom is -0.497 e. The lowest BCUT2D eigenvalue weighted by molar-refractivity contribution is -0.122. The van der Waals surface area contributed by atoms with E-state index in [9.17, 15) is 4.79 Å². The zero-order valence-corrected chi connectivity index (χ0v) is 13.1. The number of carbonyl (C=O) groups excluding carboxylic acids is 1. The summed E-state index contributed by atoms with van der Waals surface area (Å²) in [7, 11) is 3.22. The summed E-state index contributed by atoms with van der Waals surface area (Å²) in [4.78, 5) is 11.9. The molecule has 1 atom stereocenters. The number of amides is 1. The molecule has 1 aliphatic heterocycles. The molecule has 1 aromatic rings. The Morgan fingerprint density at radius 1 is 1.45 bits per heavy atom. The van der Waals surface area contributed by atoms with E-state index in [-0.39, 0.29) is 24.4 Å². The SMILES string of the molecule is COc1ccc(CNC(=O)C2CSCN2)c(OC)c1.Cl. The van der Waals surface area contributed by atoms with Gasteiger partial charge in [-0.25, -0.2) is 0 Å². The summed E-state index contributed by atoms with van der Waals surface area (Å²) in [6.45, 7) is 0.453. The van der Waals surface area contributed by atoms with Crippen molar-refractivity contribution in [2.24, 2.45) is 0 Å². The Bertz CT molecular complexity index is 453. The normalized spacial score (nSPS) is 17.2. The number of thioether (sulfide) groups is 1. The lowest BCUT2D eigenvalue weighted by Gasteiger charge is -2.13. The predicted molar refractivity (Wildman–Crippen MR) is 82.9 cm³/mol. The van der Waals surface area contributed by atoms with Crippen LogP contribution in [0.3, 0.4) is 0 Å². The molecule has 0 aromatic heterocycles. The van der Waals surface area contributed by atoms with Crippen LogP contribution >= 0.6 is 24.2 Å². The maximum Gasteiger partial charge on any atom is 0.238 e. The molecule has 0 bridgehead atoms. The summed E-state index contributed by atoms with van der Waals surface area (Å²) in [6.07, 6.45) is 0. The first-order valence-electron chi connectivity index (χ1n) is 6.04. The van der Waals surface area contributed by atoms with Gasteiger partial charge < -0.3 is 14.8 Å². The molecule has 0 spiro atoms. The zero-order chi connectivity index (χ0) is 13.7. The number of ether oxygens (including phenoxy) is 2. The summed E-state index contributed by atoms with van der Waals surface area (Å²) in [5, 5.41) is 6.06. The van der Waals surface area contributed by atoms with E-state index in [1.165, 1.54) is 0 Å². The van der Waals surface area contributed by atoms with Crippen LogP contribution < -0.4 is 20.1 Å². The molecule has 0 aliphatic carbocycles. The Balaban J connectivity index is 0.00000200. The first kappa shape index (κ1) is 16.9. The monoisotopic (exact) mass is 318 g/mol. The molecule has 1 aromatic carbocycles. The minimum atomic E-state index is -0.0887. The van der Waals surface area contributed by atoms with Gasteiger partial charge in [-0.15, -0.1) is 24.2 Å². The van der Waals surface area contributed by atoms with Crippen LogP contribution in [0.4, 0.5) is 0 Å². The Labute approximate surface area is 129 Å². The van der Waals surface area contributed by atoms with E-state index in [4.69, 9.17) is 9.47 Å². The number of methoxy groups -OCH3 is 2. The fourth-order valence-corrected chi connectivity index (χ4v) is 2.81. The van der Waals surface area contributed by atoms with Gasteiger partial charge in [-0.1, -0.05) is 0 Å². The van der Waals surface area contributed by atoms with Crippen LogP contribution in [0.1, 0.15) is 5.56 Å². The van der Waals surface area contributed by atoms with Gasteiger partial charge in [0.2, 0.25) is 5.91 Å². The average molecular weight is 319 g/mol. The molecular weight excluding hydrogens is 300 g/mol. The van der Waals surface area contributed by atoms with Crippen LogP contribution in [0.5, 0.6) is 11.5 Å². The molecule has 112 valence electrons. The predicted octanol–water partition coefficient (Wildman–Crippen LogP) is 1.40. The fraction of sp³-hybridized carbons (Fsp3) is 0.462. The fourth-order valence-electron chi connectivity index (χ4n) is 1.87. The van der Waals surface area contributed by atoms with Gasteiger partial charge in [-0.05, 0) is 12.1 Å². The second kappa shape index (κ2) is 8.24. The third-order valence-electron chi connectivity index (χ3n) is 2.98. The van der Waals surface area contributed by atoms with E-state index in [1.807, 2.05) is 18.2 Å². The highest BCUT2D eigenvalue weighted by Crippen LogP contribution is 2.24. The maximum absolute atomic E-state index is 11.9. The van der Waals surface area contributed by atoms with E-state index in [0.29, 0.717) is 12.3 Å². The molecule has 5 nitrogen and oxygen atoms in total. The van der Waals surface area contributed by atoms with E-state index in [1.54, 1.807) is 26.0 Å². The summed E-state index contributed by atoms with van der Waals surface area (Å²) in [5.41, 5.74) is 0.933. The second-order valence-electron chi connectivity index (χ2n) is 4.17. The number of nitrogens with one attached hydrogen (secondary N) is 2. The lowest BCUT2D eigenvalue weighted by atomic mass is 10.2. The van der Waals surface area contributed by atoms with Crippen LogP contribution in [-0.4, -0.2) is 37.8 Å². The Kier molecular flexibility index (Phi) is 6.98. The maximum atomic E-state index is 11.9. The molecular formula is C13H19ClN2O3S. The Morgan fingerprint density at radius 3 is 2.85 bits per heavy atom. The third-order valence-corrected chi connectivity index (χ3v) is 3.92. The summed E-state index contributed by atoms with van der Waals surface area (Å²) < 4.78 is 10.4. The topological polar surface area (TPSA) is 59.6 Å². The molecule has 1 aliphatic rings. The van der Waals surface area contributed by atoms with Gasteiger partial charge in [-0.2, -0.15) is 0 Å². The van der Waals surface area contributed by atoms with Crippen LogP contribution in [0, 0.1) is 0 Å². The molecule has 0 saturated carbocycles. The summed E-state index contributed by atoms with van der Waals surface area (Å²) in [6, 6.07) is 5.47. The standard InChI is InChI=1S/C13H18N2O3S.ClH/c1-17-10-4-3-9(12(5-10)18-2)6-14-13(16)11-7-19-8-15-11;/h3-5,11,15H,6-8H2,1-2H3,(H,14,16);1H. The molecule has 2 rings (SSSR count). The van der Waals surface area contributed by atoms with Gasteiger partial charge in [0.1, 0.15) is 11.5 Å². The van der Waals surface area contributed by atoms with Gasteiger partial charge in [0.15, 0.2) is 0 Å². The van der Waals surface area contributed by atoms with Gasteiger partial charge in [-0.3, -0.25) is 10.1 Å². The Morgan fingerprint density at radius 2 is 2.25 bits per heavy atom. The van der Waals surface area contributed by atoms with E-state index >= 15 is 0 Å². The molecule has 1 saturated heterocycles. The molecule has 20 heavy (non-hydrogen) atoms. The van der Waals surface area contributed by atoms with Crippen molar-refractivity contribution >= 4 is 30.1 Å². The highest BCUT2D eigenvalue weighted by molar-refractivity contribution is 7.99. The smallest absolute Gasteiger partial charge is 0.238 e. The second-order valence-corrected chi connectivity index (χ2v) is 5.20. The van der Waals surface area contributed by atoms with E-state index < -0.39 is 0 Å². The third kappa shape index (κ3) is 4.19.